The van der Waals surface area contributed by atoms with Gasteiger partial charge in [-0.2, -0.15) is 0 Å². The van der Waals surface area contributed by atoms with Gasteiger partial charge in [0.25, 0.3) is 0 Å². The lowest BCUT2D eigenvalue weighted by Crippen LogP contribution is -2.41. The Morgan fingerprint density at radius 3 is 2.51 bits per heavy atom. The van der Waals surface area contributed by atoms with Crippen molar-refractivity contribution in [3.8, 4) is 0 Å². The molecule has 6 heteroatoms. The topological polar surface area (TPSA) is 45.2 Å². The highest BCUT2D eigenvalue weighted by atomic mass is 79.9. The zero-order valence-electron chi connectivity index (χ0n) is 21.4. The van der Waals surface area contributed by atoms with Crippen molar-refractivity contribution in [3.63, 3.8) is 0 Å². The molecule has 1 aliphatic carbocycles. The Morgan fingerprint density at radius 2 is 1.80 bits per heavy atom. The molecule has 5 rings (SSSR count). The third-order valence-corrected chi connectivity index (χ3v) is 9.54. The van der Waals surface area contributed by atoms with E-state index in [1.807, 2.05) is 20.0 Å². The van der Waals surface area contributed by atoms with E-state index in [4.69, 9.17) is 4.98 Å². The van der Waals surface area contributed by atoms with E-state index < -0.39 is 0 Å². The smallest absolute Gasteiger partial charge is 0.222 e. The van der Waals surface area contributed by atoms with Crippen molar-refractivity contribution in [1.29, 1.82) is 0 Å². The molecule has 1 aromatic carbocycles. The fourth-order valence-electron chi connectivity index (χ4n) is 6.10. The number of carbonyl (C=O) groups is 1. The lowest BCUT2D eigenvalue weighted by Gasteiger charge is -2.37. The Hall–Kier alpha value is -1.24. The summed E-state index contributed by atoms with van der Waals surface area (Å²) in [5.74, 6) is 1.72. The summed E-state index contributed by atoms with van der Waals surface area (Å²) in [6.45, 7) is 10.0. The van der Waals surface area contributed by atoms with Gasteiger partial charge in [0.2, 0.25) is 5.91 Å². The molecule has 190 valence electrons. The third-order valence-electron chi connectivity index (χ3n) is 8.00. The van der Waals surface area contributed by atoms with Crippen molar-refractivity contribution in [2.75, 3.05) is 26.2 Å². The van der Waals surface area contributed by atoms with E-state index in [0.29, 0.717) is 23.7 Å². The number of hydrogen-bond acceptors (Lipinski definition) is 3. The number of halogens is 2. The van der Waals surface area contributed by atoms with Gasteiger partial charge in [0, 0.05) is 40.6 Å². The summed E-state index contributed by atoms with van der Waals surface area (Å²) in [6, 6.07) is 6.85. The maximum atomic E-state index is 13.0. The molecule has 3 aliphatic rings. The second-order valence-electron chi connectivity index (χ2n) is 10.1. The summed E-state index contributed by atoms with van der Waals surface area (Å²) in [5.41, 5.74) is 6.77. The van der Waals surface area contributed by atoms with Gasteiger partial charge in [0.1, 0.15) is 0 Å². The monoisotopic (exact) mass is 603 g/mol. The van der Waals surface area contributed by atoms with E-state index in [2.05, 4.69) is 67.2 Å². The third kappa shape index (κ3) is 6.02. The predicted molar refractivity (Wildman–Crippen MR) is 151 cm³/mol. The van der Waals surface area contributed by atoms with Crippen LogP contribution in [0.4, 0.5) is 0 Å². The number of hydrogen-bond donors (Lipinski definition) is 1. The van der Waals surface area contributed by atoms with Crippen LogP contribution in [-0.4, -0.2) is 42.0 Å². The van der Waals surface area contributed by atoms with E-state index >= 15 is 0 Å². The quantitative estimate of drug-likeness (QED) is 0.419. The molecule has 35 heavy (non-hydrogen) atoms. The average molecular weight is 605 g/mol. The van der Waals surface area contributed by atoms with Gasteiger partial charge >= 0.3 is 0 Å². The van der Waals surface area contributed by atoms with Gasteiger partial charge in [-0.25, -0.2) is 0 Å². The number of likely N-dealkylation sites (tertiary alicyclic amines) is 1. The second kappa shape index (κ2) is 12.3. The van der Waals surface area contributed by atoms with Crippen molar-refractivity contribution >= 4 is 37.8 Å². The summed E-state index contributed by atoms with van der Waals surface area (Å²) in [4.78, 5) is 20.1. The zero-order chi connectivity index (χ0) is 24.9. The van der Waals surface area contributed by atoms with Crippen molar-refractivity contribution < 1.29 is 4.79 Å². The standard InChI is InChI=1S/C27H33Br2N3O.C2H6/c1-17-2-4-22-23(26(17)29)5-3-20-15-21(28)16-31-27(20)25(22)19-8-12-32(13-9-19)24(33)14-18-6-10-30-11-7-18;1-2/h2,4,15-16,18-19,25,30H,3,5-14H2,1H3;1-2H3. The van der Waals surface area contributed by atoms with Gasteiger partial charge in [-0.3, -0.25) is 9.78 Å². The first kappa shape index (κ1) is 26.8. The Kier molecular flexibility index (Phi) is 9.45. The highest BCUT2D eigenvalue weighted by Crippen LogP contribution is 2.44. The minimum Gasteiger partial charge on any atom is -0.343 e. The van der Waals surface area contributed by atoms with Crippen molar-refractivity contribution in [2.45, 2.75) is 71.6 Å². The molecule has 0 radical (unpaired) electrons. The van der Waals surface area contributed by atoms with Crippen LogP contribution in [0.5, 0.6) is 0 Å². The van der Waals surface area contributed by atoms with Crippen LogP contribution in [0.3, 0.4) is 0 Å². The summed E-state index contributed by atoms with van der Waals surface area (Å²) < 4.78 is 2.31. The van der Waals surface area contributed by atoms with Gasteiger partial charge in [0.05, 0.1) is 5.69 Å². The lowest BCUT2D eigenvalue weighted by molar-refractivity contribution is -0.133. The summed E-state index contributed by atoms with van der Waals surface area (Å²) in [5, 5.41) is 3.40. The van der Waals surface area contributed by atoms with Gasteiger partial charge < -0.3 is 10.2 Å². The minimum absolute atomic E-state index is 0.296. The number of fused-ring (bicyclic) bond motifs is 2. The van der Waals surface area contributed by atoms with Crippen LogP contribution in [0.2, 0.25) is 0 Å². The maximum absolute atomic E-state index is 13.0. The fraction of sp³-hybridized carbons (Fsp3) is 0.586. The van der Waals surface area contributed by atoms with E-state index in [1.165, 1.54) is 32.4 Å². The van der Waals surface area contributed by atoms with Crippen LogP contribution in [0, 0.1) is 18.8 Å². The molecule has 0 saturated carbocycles. The molecule has 2 aliphatic heterocycles. The molecule has 3 heterocycles. The van der Waals surface area contributed by atoms with Gasteiger partial charge in [-0.1, -0.05) is 41.9 Å². The minimum atomic E-state index is 0.296. The molecule has 1 N–H and O–H groups in total. The number of carbonyl (C=O) groups excluding carboxylic acids is 1. The van der Waals surface area contributed by atoms with E-state index in [-0.39, 0.29) is 0 Å². The number of piperidine rings is 2. The lowest BCUT2D eigenvalue weighted by atomic mass is 9.76. The Balaban J connectivity index is 0.00000141. The molecule has 1 aromatic heterocycles. The number of amides is 1. The number of rotatable bonds is 3. The molecule has 1 unspecified atom stereocenters. The van der Waals surface area contributed by atoms with Crippen LogP contribution >= 0.6 is 31.9 Å². The first-order valence-electron chi connectivity index (χ1n) is 13.4. The average Bonchev–Trinajstić information content (AvgIpc) is 3.05. The summed E-state index contributed by atoms with van der Waals surface area (Å²) in [7, 11) is 0. The van der Waals surface area contributed by atoms with Crippen molar-refractivity contribution in [3.05, 3.63) is 61.3 Å². The van der Waals surface area contributed by atoms with E-state index in [0.717, 1.165) is 75.6 Å². The zero-order valence-corrected chi connectivity index (χ0v) is 24.6. The van der Waals surface area contributed by atoms with E-state index in [1.54, 1.807) is 0 Å². The maximum Gasteiger partial charge on any atom is 0.222 e. The number of aromatic nitrogens is 1. The number of aryl methyl sites for hydroxylation is 2. The molecule has 2 fully saturated rings. The molecule has 2 aromatic rings. The SMILES string of the molecule is CC.Cc1ccc2c(c1Br)CCc1cc(Br)cnc1C2C1CCN(C(=O)CC2CCNCC2)CC1. The van der Waals surface area contributed by atoms with E-state index in [9.17, 15) is 4.79 Å². The molecular formula is C29H39Br2N3O. The molecule has 1 amide bonds. The van der Waals surface area contributed by atoms with Gasteiger partial charge in [-0.05, 0) is 115 Å². The summed E-state index contributed by atoms with van der Waals surface area (Å²) in [6.07, 6.45) is 9.09. The van der Waals surface area contributed by atoms with Gasteiger partial charge in [0.15, 0.2) is 0 Å². The predicted octanol–water partition coefficient (Wildman–Crippen LogP) is 6.80. The highest BCUT2D eigenvalue weighted by molar-refractivity contribution is 9.10. The number of pyridine rings is 1. The molecular weight excluding hydrogens is 566 g/mol. The van der Waals surface area contributed by atoms with Crippen molar-refractivity contribution in [1.82, 2.24) is 15.2 Å². The number of nitrogens with zero attached hydrogens (tertiary/aromatic N) is 2. The number of benzene rings is 1. The highest BCUT2D eigenvalue weighted by Gasteiger charge is 2.36. The van der Waals surface area contributed by atoms with Crippen LogP contribution < -0.4 is 5.32 Å². The molecule has 1 atom stereocenters. The Bertz CT molecular complexity index is 1030. The van der Waals surface area contributed by atoms with Crippen LogP contribution in [0.1, 0.15) is 79.8 Å². The first-order valence-corrected chi connectivity index (χ1v) is 15.0. The molecule has 0 spiro atoms. The molecule has 4 nitrogen and oxygen atoms in total. The first-order chi connectivity index (χ1) is 17.0. The van der Waals surface area contributed by atoms with Crippen LogP contribution in [-0.2, 0) is 17.6 Å². The fourth-order valence-corrected chi connectivity index (χ4v) is 7.04. The molecule has 0 bridgehead atoms. The van der Waals surface area contributed by atoms with Crippen LogP contribution in [0.15, 0.2) is 33.3 Å². The Morgan fingerprint density at radius 1 is 1.09 bits per heavy atom. The van der Waals surface area contributed by atoms with Crippen molar-refractivity contribution in [2.24, 2.45) is 11.8 Å². The van der Waals surface area contributed by atoms with Crippen LogP contribution in [0.25, 0.3) is 0 Å². The number of nitrogens with one attached hydrogen (secondary N) is 1. The normalized spacial score (nSPS) is 20.8. The van der Waals surface area contributed by atoms with Gasteiger partial charge in [-0.15, -0.1) is 0 Å². The second-order valence-corrected chi connectivity index (χ2v) is 11.8. The Labute approximate surface area is 227 Å². The molecule has 2 saturated heterocycles. The largest absolute Gasteiger partial charge is 0.343 e. The summed E-state index contributed by atoms with van der Waals surface area (Å²) >= 11 is 7.54.